The summed E-state index contributed by atoms with van der Waals surface area (Å²) in [5.74, 6) is 0.675. The molecule has 26 heavy (non-hydrogen) atoms. The van der Waals surface area contributed by atoms with Crippen LogP contribution < -0.4 is 14.2 Å². The maximum absolute atomic E-state index is 12.3. The summed E-state index contributed by atoms with van der Waals surface area (Å²) >= 11 is 5.82. The molecule has 1 heterocycles. The molecular formula is C19H18ClNO4S. The van der Waals surface area contributed by atoms with Crippen molar-refractivity contribution in [2.75, 3.05) is 4.72 Å². The molecule has 0 unspecified atom stereocenters. The summed E-state index contributed by atoms with van der Waals surface area (Å²) in [5.41, 5.74) is 1.18. The summed E-state index contributed by atoms with van der Waals surface area (Å²) < 4.78 is 39.0. The minimum Gasteiger partial charge on any atom is -0.448 e. The van der Waals surface area contributed by atoms with Crippen molar-refractivity contribution in [3.8, 4) is 11.5 Å². The quantitative estimate of drug-likeness (QED) is 0.813. The second kappa shape index (κ2) is 6.52. The van der Waals surface area contributed by atoms with Gasteiger partial charge in [0.25, 0.3) is 15.8 Å². The van der Waals surface area contributed by atoms with E-state index >= 15 is 0 Å². The number of anilines is 1. The topological polar surface area (TPSA) is 64.6 Å². The third-order valence-corrected chi connectivity index (χ3v) is 5.74. The maximum Gasteiger partial charge on any atom is 0.255 e. The van der Waals surface area contributed by atoms with Gasteiger partial charge in [-0.3, -0.25) is 4.72 Å². The number of sulfonamides is 1. The first-order valence-electron chi connectivity index (χ1n) is 8.42. The smallest absolute Gasteiger partial charge is 0.255 e. The number of benzene rings is 2. The maximum atomic E-state index is 12.3. The molecule has 1 aliphatic carbocycles. The summed E-state index contributed by atoms with van der Waals surface area (Å²) in [7, 11) is -3.65. The van der Waals surface area contributed by atoms with Crippen molar-refractivity contribution in [1.82, 2.24) is 0 Å². The van der Waals surface area contributed by atoms with Crippen molar-refractivity contribution in [3.05, 3.63) is 58.5 Å². The second-order valence-corrected chi connectivity index (χ2v) is 8.49. The van der Waals surface area contributed by atoms with Crippen molar-refractivity contribution in [2.45, 2.75) is 31.5 Å². The van der Waals surface area contributed by atoms with E-state index in [2.05, 4.69) is 4.72 Å². The lowest BCUT2D eigenvalue weighted by atomic mass is 10.2. The van der Waals surface area contributed by atoms with Gasteiger partial charge in [0.1, 0.15) is 0 Å². The normalized spacial score (nSPS) is 17.9. The van der Waals surface area contributed by atoms with Crippen LogP contribution in [0.2, 0.25) is 5.02 Å². The number of halogens is 1. The average molecular weight is 392 g/mol. The molecule has 2 aromatic carbocycles. The molecule has 0 saturated heterocycles. The Morgan fingerprint density at radius 2 is 1.69 bits per heavy atom. The monoisotopic (exact) mass is 391 g/mol. The first-order valence-corrected chi connectivity index (χ1v) is 10.3. The van der Waals surface area contributed by atoms with Gasteiger partial charge in [-0.05, 0) is 48.7 Å². The Labute approximate surface area is 157 Å². The van der Waals surface area contributed by atoms with Gasteiger partial charge in [-0.1, -0.05) is 23.7 Å². The van der Waals surface area contributed by atoms with Gasteiger partial charge in [0, 0.05) is 23.9 Å². The molecule has 1 N–H and O–H groups in total. The van der Waals surface area contributed by atoms with Gasteiger partial charge in [0.05, 0.1) is 11.1 Å². The summed E-state index contributed by atoms with van der Waals surface area (Å²) in [4.78, 5) is 0. The SMILES string of the molecule is O=S(=O)(/C=C/c1ccc(Cl)cc1)Nc1ccc2c(c1)OC1(CCCC1)O2. The Bertz CT molecular complexity index is 948. The van der Waals surface area contributed by atoms with E-state index in [1.54, 1.807) is 42.5 Å². The molecule has 5 nitrogen and oxygen atoms in total. The van der Waals surface area contributed by atoms with Crippen LogP contribution in [0, 0.1) is 0 Å². The average Bonchev–Trinajstić information content (AvgIpc) is 3.20. The number of rotatable bonds is 4. The van der Waals surface area contributed by atoms with Crippen LogP contribution in [0.25, 0.3) is 6.08 Å². The molecule has 4 rings (SSSR count). The third-order valence-electron chi connectivity index (χ3n) is 4.47. The summed E-state index contributed by atoms with van der Waals surface area (Å²) in [6.07, 6.45) is 5.37. The fourth-order valence-electron chi connectivity index (χ4n) is 3.22. The Hall–Kier alpha value is -2.18. The van der Waals surface area contributed by atoms with E-state index in [0.717, 1.165) is 36.7 Å². The Balaban J connectivity index is 1.48. The molecule has 136 valence electrons. The van der Waals surface area contributed by atoms with Crippen LogP contribution in [-0.2, 0) is 10.0 Å². The first-order chi connectivity index (χ1) is 12.4. The molecule has 7 heteroatoms. The molecule has 1 fully saturated rings. The van der Waals surface area contributed by atoms with Crippen LogP contribution in [0.5, 0.6) is 11.5 Å². The highest BCUT2D eigenvalue weighted by Gasteiger charge is 2.44. The Morgan fingerprint density at radius 1 is 1.00 bits per heavy atom. The van der Waals surface area contributed by atoms with E-state index in [1.165, 1.54) is 6.08 Å². The molecule has 0 atom stereocenters. The van der Waals surface area contributed by atoms with Crippen LogP contribution in [0.4, 0.5) is 5.69 Å². The molecule has 1 spiro atoms. The Kier molecular flexibility index (Phi) is 4.32. The minimum atomic E-state index is -3.65. The predicted molar refractivity (Wildman–Crippen MR) is 102 cm³/mol. The number of nitrogens with one attached hydrogen (secondary N) is 1. The number of hydrogen-bond acceptors (Lipinski definition) is 4. The lowest BCUT2D eigenvalue weighted by molar-refractivity contribution is -0.0716. The number of fused-ring (bicyclic) bond motifs is 1. The van der Waals surface area contributed by atoms with Crippen LogP contribution in [-0.4, -0.2) is 14.2 Å². The fraction of sp³-hybridized carbons (Fsp3) is 0.263. The highest BCUT2D eigenvalue weighted by Crippen LogP contribution is 2.47. The molecule has 1 saturated carbocycles. The number of hydrogen-bond donors (Lipinski definition) is 1. The van der Waals surface area contributed by atoms with E-state index in [-0.39, 0.29) is 0 Å². The molecule has 2 aliphatic rings. The highest BCUT2D eigenvalue weighted by molar-refractivity contribution is 7.95. The summed E-state index contributed by atoms with van der Waals surface area (Å²) in [6, 6.07) is 12.0. The molecule has 0 bridgehead atoms. The van der Waals surface area contributed by atoms with Crippen molar-refractivity contribution in [2.24, 2.45) is 0 Å². The summed E-state index contributed by atoms with van der Waals surface area (Å²) in [5, 5.41) is 1.72. The van der Waals surface area contributed by atoms with Crippen molar-refractivity contribution < 1.29 is 17.9 Å². The van der Waals surface area contributed by atoms with E-state index in [9.17, 15) is 8.42 Å². The molecule has 0 radical (unpaired) electrons. The van der Waals surface area contributed by atoms with Crippen LogP contribution in [0.15, 0.2) is 47.9 Å². The van der Waals surface area contributed by atoms with E-state index in [4.69, 9.17) is 21.1 Å². The van der Waals surface area contributed by atoms with Crippen LogP contribution in [0.3, 0.4) is 0 Å². The second-order valence-electron chi connectivity index (χ2n) is 6.48. The van der Waals surface area contributed by atoms with Gasteiger partial charge in [-0.2, -0.15) is 0 Å². The Morgan fingerprint density at radius 3 is 2.42 bits per heavy atom. The van der Waals surface area contributed by atoms with Gasteiger partial charge in [-0.25, -0.2) is 8.42 Å². The summed E-state index contributed by atoms with van der Waals surface area (Å²) in [6.45, 7) is 0. The molecule has 0 aromatic heterocycles. The third kappa shape index (κ3) is 3.66. The zero-order chi connectivity index (χ0) is 18.2. The fourth-order valence-corrected chi connectivity index (χ4v) is 4.20. The molecular weight excluding hydrogens is 374 g/mol. The molecule has 2 aromatic rings. The van der Waals surface area contributed by atoms with Gasteiger partial charge in [0.2, 0.25) is 0 Å². The lowest BCUT2D eigenvalue weighted by Crippen LogP contribution is -2.34. The van der Waals surface area contributed by atoms with E-state index in [0.29, 0.717) is 22.2 Å². The van der Waals surface area contributed by atoms with Crippen LogP contribution >= 0.6 is 11.6 Å². The van der Waals surface area contributed by atoms with Gasteiger partial charge < -0.3 is 9.47 Å². The van der Waals surface area contributed by atoms with Crippen molar-refractivity contribution in [1.29, 1.82) is 0 Å². The van der Waals surface area contributed by atoms with Gasteiger partial charge >= 0.3 is 0 Å². The standard InChI is InChI=1S/C19H18ClNO4S/c20-15-5-3-14(4-6-15)9-12-26(22,23)21-16-7-8-17-18(13-16)25-19(24-17)10-1-2-11-19/h3-9,12-13,21H,1-2,10-11H2/b12-9+. The minimum absolute atomic E-state index is 0.433. The van der Waals surface area contributed by atoms with E-state index in [1.807, 2.05) is 0 Å². The van der Waals surface area contributed by atoms with Crippen molar-refractivity contribution >= 4 is 33.4 Å². The first kappa shape index (κ1) is 17.2. The zero-order valence-electron chi connectivity index (χ0n) is 13.9. The van der Waals surface area contributed by atoms with Gasteiger partial charge in [0.15, 0.2) is 11.5 Å². The lowest BCUT2D eigenvalue weighted by Gasteiger charge is -2.21. The number of ether oxygens (including phenoxy) is 2. The largest absolute Gasteiger partial charge is 0.448 e. The highest BCUT2D eigenvalue weighted by atomic mass is 35.5. The predicted octanol–water partition coefficient (Wildman–Crippen LogP) is 4.79. The molecule has 1 aliphatic heterocycles. The molecule has 0 amide bonds. The zero-order valence-corrected chi connectivity index (χ0v) is 15.5. The van der Waals surface area contributed by atoms with Gasteiger partial charge in [-0.15, -0.1) is 0 Å². The van der Waals surface area contributed by atoms with Crippen LogP contribution in [0.1, 0.15) is 31.2 Å². The van der Waals surface area contributed by atoms with E-state index < -0.39 is 15.8 Å². The van der Waals surface area contributed by atoms with Crippen molar-refractivity contribution in [3.63, 3.8) is 0 Å².